The van der Waals surface area contributed by atoms with Crippen molar-refractivity contribution < 1.29 is 14.7 Å². The normalized spacial score (nSPS) is 21.2. The highest BCUT2D eigenvalue weighted by molar-refractivity contribution is 8.13. The van der Waals surface area contributed by atoms with E-state index < -0.39 is 6.09 Å². The predicted molar refractivity (Wildman–Crippen MR) is 55.5 cm³/mol. The van der Waals surface area contributed by atoms with Crippen LogP contribution in [-0.4, -0.2) is 39.6 Å². The molecule has 1 aliphatic heterocycles. The second kappa shape index (κ2) is 5.24. The second-order valence-corrected chi connectivity index (χ2v) is 4.67. The Labute approximate surface area is 87.7 Å². The monoisotopic (exact) mass is 217 g/mol. The minimum Gasteiger partial charge on any atom is -0.465 e. The van der Waals surface area contributed by atoms with E-state index in [2.05, 4.69) is 0 Å². The summed E-state index contributed by atoms with van der Waals surface area (Å²) in [5.41, 5.74) is 0. The molecule has 1 aliphatic rings. The molecule has 0 bridgehead atoms. The van der Waals surface area contributed by atoms with Crippen LogP contribution in [0.5, 0.6) is 0 Å². The first-order valence-corrected chi connectivity index (χ1v) is 5.72. The minimum absolute atomic E-state index is 0.102. The molecule has 5 heteroatoms. The summed E-state index contributed by atoms with van der Waals surface area (Å²) in [6.45, 7) is 2.18. The van der Waals surface area contributed by atoms with Crippen molar-refractivity contribution in [3.05, 3.63) is 0 Å². The number of carbonyl (C=O) groups excluding carboxylic acids is 1. The van der Waals surface area contributed by atoms with E-state index in [-0.39, 0.29) is 11.2 Å². The van der Waals surface area contributed by atoms with Gasteiger partial charge in [-0.3, -0.25) is 4.79 Å². The number of carbonyl (C=O) groups is 2. The third-order valence-electron chi connectivity index (χ3n) is 2.38. The number of carboxylic acid groups (broad SMARTS) is 1. The second-order valence-electron chi connectivity index (χ2n) is 3.40. The lowest BCUT2D eigenvalue weighted by molar-refractivity contribution is -0.109. The summed E-state index contributed by atoms with van der Waals surface area (Å²) in [4.78, 5) is 22.9. The van der Waals surface area contributed by atoms with Crippen LogP contribution in [0.15, 0.2) is 0 Å². The molecule has 14 heavy (non-hydrogen) atoms. The Bertz CT molecular complexity index is 232. The summed E-state index contributed by atoms with van der Waals surface area (Å²) in [5, 5.41) is 8.95. The molecule has 1 amide bonds. The van der Waals surface area contributed by atoms with Crippen LogP contribution in [-0.2, 0) is 4.79 Å². The van der Waals surface area contributed by atoms with Crippen LogP contribution >= 0.6 is 11.8 Å². The molecule has 0 unspecified atom stereocenters. The van der Waals surface area contributed by atoms with E-state index >= 15 is 0 Å². The van der Waals surface area contributed by atoms with Gasteiger partial charge < -0.3 is 10.0 Å². The maximum atomic E-state index is 10.8. The highest BCUT2D eigenvalue weighted by Gasteiger charge is 2.27. The molecule has 1 rings (SSSR count). The summed E-state index contributed by atoms with van der Waals surface area (Å²) < 4.78 is 0. The SMILES string of the molecule is CC(=O)SCC[C@@H]1CCCN1C(=O)O. The van der Waals surface area contributed by atoms with Crippen molar-refractivity contribution in [2.75, 3.05) is 12.3 Å². The average Bonchev–Trinajstić information content (AvgIpc) is 2.51. The molecule has 4 nitrogen and oxygen atoms in total. The minimum atomic E-state index is -0.833. The molecule has 0 spiro atoms. The highest BCUT2D eigenvalue weighted by Crippen LogP contribution is 2.21. The third-order valence-corrected chi connectivity index (χ3v) is 3.23. The zero-order valence-electron chi connectivity index (χ0n) is 8.23. The van der Waals surface area contributed by atoms with E-state index in [1.807, 2.05) is 0 Å². The van der Waals surface area contributed by atoms with E-state index in [1.54, 1.807) is 0 Å². The number of thioether (sulfide) groups is 1. The molecule has 0 aromatic carbocycles. The molecule has 1 saturated heterocycles. The number of rotatable bonds is 3. The Balaban J connectivity index is 2.29. The lowest BCUT2D eigenvalue weighted by atomic mass is 10.2. The van der Waals surface area contributed by atoms with Crippen LogP contribution in [0.2, 0.25) is 0 Å². The van der Waals surface area contributed by atoms with Crippen molar-refractivity contribution in [2.45, 2.75) is 32.2 Å². The van der Waals surface area contributed by atoms with Gasteiger partial charge in [0, 0.05) is 25.3 Å². The van der Waals surface area contributed by atoms with Crippen molar-refractivity contribution in [2.24, 2.45) is 0 Å². The zero-order valence-corrected chi connectivity index (χ0v) is 9.05. The fourth-order valence-corrected chi connectivity index (χ4v) is 2.40. The lowest BCUT2D eigenvalue weighted by Gasteiger charge is -2.20. The molecular weight excluding hydrogens is 202 g/mol. The summed E-state index contributed by atoms with van der Waals surface area (Å²) in [6.07, 6.45) is 1.84. The van der Waals surface area contributed by atoms with Crippen LogP contribution in [0.4, 0.5) is 4.79 Å². The van der Waals surface area contributed by atoms with Gasteiger partial charge >= 0.3 is 6.09 Å². The first kappa shape index (κ1) is 11.4. The molecule has 0 aromatic rings. The van der Waals surface area contributed by atoms with E-state index in [0.29, 0.717) is 6.54 Å². The standard InChI is InChI=1S/C9H15NO3S/c1-7(11)14-6-4-8-3-2-5-10(8)9(12)13/h8H,2-6H2,1H3,(H,12,13)/t8-/m0/s1. The smallest absolute Gasteiger partial charge is 0.407 e. The number of likely N-dealkylation sites (tertiary alicyclic amines) is 1. The predicted octanol–water partition coefficient (Wildman–Crippen LogP) is 1.80. The van der Waals surface area contributed by atoms with E-state index in [1.165, 1.54) is 23.6 Å². The van der Waals surface area contributed by atoms with Crippen molar-refractivity contribution in [1.82, 2.24) is 4.90 Å². The Kier molecular flexibility index (Phi) is 4.25. The molecule has 0 aromatic heterocycles. The van der Waals surface area contributed by atoms with Gasteiger partial charge in [-0.25, -0.2) is 4.79 Å². The first-order chi connectivity index (χ1) is 6.61. The van der Waals surface area contributed by atoms with Gasteiger partial charge in [0.25, 0.3) is 0 Å². The van der Waals surface area contributed by atoms with E-state index in [4.69, 9.17) is 5.11 Å². The van der Waals surface area contributed by atoms with Crippen molar-refractivity contribution in [3.8, 4) is 0 Å². The summed E-state index contributed by atoms with van der Waals surface area (Å²) in [5.74, 6) is 0.726. The van der Waals surface area contributed by atoms with Crippen LogP contribution in [0.25, 0.3) is 0 Å². The highest BCUT2D eigenvalue weighted by atomic mass is 32.2. The van der Waals surface area contributed by atoms with Crippen LogP contribution < -0.4 is 0 Å². The van der Waals surface area contributed by atoms with Crippen molar-refractivity contribution >= 4 is 23.0 Å². The first-order valence-electron chi connectivity index (χ1n) is 4.74. The topological polar surface area (TPSA) is 57.6 Å². The van der Waals surface area contributed by atoms with Gasteiger partial charge in [0.05, 0.1) is 0 Å². The molecule has 80 valence electrons. The van der Waals surface area contributed by atoms with Gasteiger partial charge in [-0.2, -0.15) is 0 Å². The molecule has 1 atom stereocenters. The summed E-state index contributed by atoms with van der Waals surface area (Å²) >= 11 is 1.27. The molecule has 1 heterocycles. The average molecular weight is 217 g/mol. The molecule has 0 aliphatic carbocycles. The van der Waals surface area contributed by atoms with Gasteiger partial charge in [0.2, 0.25) is 0 Å². The van der Waals surface area contributed by atoms with Crippen LogP contribution in [0, 0.1) is 0 Å². The molecule has 0 saturated carbocycles. The zero-order chi connectivity index (χ0) is 10.6. The Hall–Kier alpha value is -0.710. The number of hydrogen-bond acceptors (Lipinski definition) is 3. The molecule has 0 radical (unpaired) electrons. The lowest BCUT2D eigenvalue weighted by Crippen LogP contribution is -2.34. The maximum absolute atomic E-state index is 10.8. The van der Waals surface area contributed by atoms with Crippen molar-refractivity contribution in [3.63, 3.8) is 0 Å². The summed E-state index contributed by atoms with van der Waals surface area (Å²) in [7, 11) is 0. The van der Waals surface area contributed by atoms with Gasteiger partial charge in [-0.1, -0.05) is 11.8 Å². The molecule has 1 N–H and O–H groups in total. The Morgan fingerprint density at radius 3 is 2.86 bits per heavy atom. The largest absolute Gasteiger partial charge is 0.465 e. The fourth-order valence-electron chi connectivity index (χ4n) is 1.73. The fraction of sp³-hybridized carbons (Fsp3) is 0.778. The molecule has 1 fully saturated rings. The quantitative estimate of drug-likeness (QED) is 0.783. The van der Waals surface area contributed by atoms with Crippen LogP contribution in [0.3, 0.4) is 0 Å². The van der Waals surface area contributed by atoms with E-state index in [9.17, 15) is 9.59 Å². The Morgan fingerprint density at radius 1 is 1.57 bits per heavy atom. The van der Waals surface area contributed by atoms with E-state index in [0.717, 1.165) is 25.0 Å². The van der Waals surface area contributed by atoms with Crippen molar-refractivity contribution in [1.29, 1.82) is 0 Å². The van der Waals surface area contributed by atoms with Gasteiger partial charge in [0.1, 0.15) is 0 Å². The maximum Gasteiger partial charge on any atom is 0.407 e. The number of amides is 1. The molecular formula is C9H15NO3S. The third kappa shape index (κ3) is 3.21. The van der Waals surface area contributed by atoms with Gasteiger partial charge in [0.15, 0.2) is 5.12 Å². The summed E-state index contributed by atoms with van der Waals surface area (Å²) in [6, 6.07) is 0.124. The Morgan fingerprint density at radius 2 is 2.29 bits per heavy atom. The van der Waals surface area contributed by atoms with Gasteiger partial charge in [-0.15, -0.1) is 0 Å². The van der Waals surface area contributed by atoms with Gasteiger partial charge in [-0.05, 0) is 19.3 Å². The number of hydrogen-bond donors (Lipinski definition) is 1. The number of nitrogens with zero attached hydrogens (tertiary/aromatic N) is 1. The van der Waals surface area contributed by atoms with Crippen LogP contribution in [0.1, 0.15) is 26.2 Å².